The van der Waals surface area contributed by atoms with E-state index < -0.39 is 17.2 Å². The van der Waals surface area contributed by atoms with Gasteiger partial charge in [0.1, 0.15) is 22.0 Å². The van der Waals surface area contributed by atoms with E-state index in [0.717, 1.165) is 43.8 Å². The van der Waals surface area contributed by atoms with Crippen LogP contribution in [0.1, 0.15) is 36.5 Å². The van der Waals surface area contributed by atoms with Gasteiger partial charge in [-0.3, -0.25) is 4.79 Å². The summed E-state index contributed by atoms with van der Waals surface area (Å²) in [7, 11) is 2.10. The van der Waals surface area contributed by atoms with Crippen molar-refractivity contribution in [1.82, 2.24) is 14.9 Å². The number of likely N-dealkylation sites (N-methyl/N-ethyl adjacent to an activating group) is 1. The summed E-state index contributed by atoms with van der Waals surface area (Å²) in [4.78, 5) is 25.1. The molecule has 2 N–H and O–H groups in total. The lowest BCUT2D eigenvalue weighted by molar-refractivity contribution is -0.142. The summed E-state index contributed by atoms with van der Waals surface area (Å²) < 4.78 is 20.4. The number of aromatic nitrogens is 2. The maximum Gasteiger partial charge on any atom is 0.315 e. The van der Waals surface area contributed by atoms with E-state index in [4.69, 9.17) is 16.3 Å². The minimum absolute atomic E-state index is 0.0574. The number of nitrogens with zero attached hydrogens (tertiary/aromatic N) is 4. The van der Waals surface area contributed by atoms with Crippen molar-refractivity contribution in [2.75, 3.05) is 30.4 Å². The molecular weight excluding hydrogens is 497 g/mol. The maximum absolute atomic E-state index is 14.2. The highest BCUT2D eigenvalue weighted by Gasteiger charge is 2.46. The van der Waals surface area contributed by atoms with E-state index in [1.807, 2.05) is 6.07 Å². The van der Waals surface area contributed by atoms with Gasteiger partial charge in [0.25, 0.3) is 0 Å². The number of anilines is 4. The molecule has 10 heteroatoms. The van der Waals surface area contributed by atoms with E-state index in [1.54, 1.807) is 11.8 Å². The van der Waals surface area contributed by atoms with Crippen molar-refractivity contribution >= 4 is 40.7 Å². The van der Waals surface area contributed by atoms with Crippen LogP contribution in [0.5, 0.6) is 5.75 Å². The zero-order chi connectivity index (χ0) is 25.9. The van der Waals surface area contributed by atoms with Gasteiger partial charge in [-0.1, -0.05) is 17.7 Å². The molecule has 192 valence electrons. The van der Waals surface area contributed by atoms with E-state index in [2.05, 4.69) is 33.3 Å². The number of benzene rings is 2. The molecule has 3 heterocycles. The second-order valence-electron chi connectivity index (χ2n) is 10.3. The summed E-state index contributed by atoms with van der Waals surface area (Å²) in [6.07, 6.45) is 4.82. The Morgan fingerprint density at radius 1 is 1.30 bits per heavy atom. The topological polar surface area (TPSA) is 90.8 Å². The average Bonchev–Trinajstić information content (AvgIpc) is 3.62. The Morgan fingerprint density at radius 3 is 2.86 bits per heavy atom. The minimum atomic E-state index is -1.25. The van der Waals surface area contributed by atoms with E-state index in [0.29, 0.717) is 23.0 Å². The molecule has 0 saturated heterocycles. The molecule has 3 aliphatic rings. The van der Waals surface area contributed by atoms with Crippen LogP contribution in [0.2, 0.25) is 5.02 Å². The highest BCUT2D eigenvalue weighted by atomic mass is 35.5. The van der Waals surface area contributed by atoms with Gasteiger partial charge in [-0.25, -0.2) is 9.37 Å². The van der Waals surface area contributed by atoms with Crippen molar-refractivity contribution in [2.45, 2.75) is 44.2 Å². The van der Waals surface area contributed by atoms with E-state index >= 15 is 0 Å². The predicted octanol–water partition coefficient (Wildman–Crippen LogP) is 5.04. The van der Waals surface area contributed by atoms with Gasteiger partial charge in [-0.05, 0) is 62.6 Å². The highest BCUT2D eigenvalue weighted by molar-refractivity contribution is 6.33. The van der Waals surface area contributed by atoms with Gasteiger partial charge in [0.2, 0.25) is 5.95 Å². The van der Waals surface area contributed by atoms with E-state index in [9.17, 15) is 14.3 Å². The molecule has 1 atom stereocenters. The van der Waals surface area contributed by atoms with Crippen molar-refractivity contribution in [3.8, 4) is 5.75 Å². The second-order valence-corrected chi connectivity index (χ2v) is 10.7. The maximum atomic E-state index is 14.2. The third-order valence-electron chi connectivity index (χ3n) is 7.33. The summed E-state index contributed by atoms with van der Waals surface area (Å²) in [5.41, 5.74) is 2.92. The first-order valence-corrected chi connectivity index (χ1v) is 12.7. The van der Waals surface area contributed by atoms with Crippen molar-refractivity contribution in [3.63, 3.8) is 0 Å². The largest absolute Gasteiger partial charge is 0.490 e. The molecule has 2 aliphatic heterocycles. The first-order chi connectivity index (χ1) is 17.7. The molecule has 1 fully saturated rings. The Labute approximate surface area is 219 Å². The molecule has 1 aromatic heterocycles. The molecular formula is C27H27ClFN5O3. The fourth-order valence-electron chi connectivity index (χ4n) is 5.13. The molecule has 0 spiro atoms. The standard InChI is InChI=1S/C27H27ClFN5O3/c1-27(25(35)36)14-34(22-10-16(29)3-6-20(22)27)24-21(28)12-30-26(32-24)31-17-9-15-13-33(2)8-7-19(15)23(11-17)37-18-4-5-18/h3,6,9-12,18H,4-5,7-8,13-14H2,1-2H3,(H,35,36)(H,30,31,32). The van der Waals surface area contributed by atoms with Gasteiger partial charge >= 0.3 is 5.97 Å². The number of aliphatic carboxylic acids is 1. The number of carboxylic acids is 1. The lowest BCUT2D eigenvalue weighted by Crippen LogP contribution is -2.36. The van der Waals surface area contributed by atoms with Crippen LogP contribution in [0.4, 0.5) is 27.5 Å². The third-order valence-corrected chi connectivity index (χ3v) is 7.60. The average molecular weight is 524 g/mol. The van der Waals surface area contributed by atoms with Crippen LogP contribution < -0.4 is 15.0 Å². The Bertz CT molecular complexity index is 1420. The zero-order valence-electron chi connectivity index (χ0n) is 20.6. The van der Waals surface area contributed by atoms with Crippen LogP contribution in [0, 0.1) is 5.82 Å². The quantitative estimate of drug-likeness (QED) is 0.464. The Hall–Kier alpha value is -3.43. The van der Waals surface area contributed by atoms with Gasteiger partial charge in [-0.2, -0.15) is 4.98 Å². The smallest absolute Gasteiger partial charge is 0.315 e. The SMILES string of the molecule is CN1CCc2c(cc(Nc3ncc(Cl)c(N4CC(C)(C(=O)O)c5ccc(F)cc54)n3)cc2OC2CC2)C1. The van der Waals surface area contributed by atoms with Gasteiger partial charge in [-0.15, -0.1) is 0 Å². The number of hydrogen-bond donors (Lipinski definition) is 2. The number of nitrogens with one attached hydrogen (secondary N) is 1. The van der Waals surface area contributed by atoms with Crippen LogP contribution in [-0.2, 0) is 23.2 Å². The van der Waals surface area contributed by atoms with Gasteiger partial charge in [0.15, 0.2) is 5.82 Å². The lowest BCUT2D eigenvalue weighted by atomic mass is 9.85. The fraction of sp³-hybridized carbons (Fsp3) is 0.370. The number of fused-ring (bicyclic) bond motifs is 2. The van der Waals surface area contributed by atoms with Gasteiger partial charge in [0.05, 0.1) is 12.3 Å². The molecule has 6 rings (SSSR count). The minimum Gasteiger partial charge on any atom is -0.490 e. The van der Waals surface area contributed by atoms with Crippen molar-refractivity contribution in [3.05, 3.63) is 64.1 Å². The summed E-state index contributed by atoms with van der Waals surface area (Å²) in [6, 6.07) is 8.18. The third kappa shape index (κ3) is 4.36. The van der Waals surface area contributed by atoms with Crippen molar-refractivity contribution < 1.29 is 19.0 Å². The number of halogens is 2. The molecule has 3 aromatic rings. The number of carbonyl (C=O) groups is 1. The van der Waals surface area contributed by atoms with E-state index in [1.165, 1.54) is 35.5 Å². The summed E-state index contributed by atoms with van der Waals surface area (Å²) in [5, 5.41) is 13.5. The molecule has 8 nitrogen and oxygen atoms in total. The monoisotopic (exact) mass is 523 g/mol. The Kier molecular flexibility index (Phi) is 5.72. The molecule has 1 aliphatic carbocycles. The van der Waals surface area contributed by atoms with Crippen LogP contribution >= 0.6 is 11.6 Å². The van der Waals surface area contributed by atoms with Crippen LogP contribution in [0.15, 0.2) is 36.5 Å². The van der Waals surface area contributed by atoms with Gasteiger partial charge in [0, 0.05) is 42.6 Å². The number of ether oxygens (including phenoxy) is 1. The van der Waals surface area contributed by atoms with Crippen molar-refractivity contribution in [2.24, 2.45) is 0 Å². The number of hydrogen-bond acceptors (Lipinski definition) is 7. The molecule has 0 radical (unpaired) electrons. The van der Waals surface area contributed by atoms with Crippen LogP contribution in [-0.4, -0.2) is 52.2 Å². The molecule has 1 unspecified atom stereocenters. The fourth-order valence-corrected chi connectivity index (χ4v) is 5.33. The van der Waals surface area contributed by atoms with E-state index in [-0.39, 0.29) is 17.7 Å². The Balaban J connectivity index is 1.36. The zero-order valence-corrected chi connectivity index (χ0v) is 21.3. The highest BCUT2D eigenvalue weighted by Crippen LogP contribution is 2.46. The van der Waals surface area contributed by atoms with Crippen LogP contribution in [0.25, 0.3) is 0 Å². The van der Waals surface area contributed by atoms with Crippen LogP contribution in [0.3, 0.4) is 0 Å². The molecule has 0 bridgehead atoms. The molecule has 0 amide bonds. The molecule has 1 saturated carbocycles. The predicted molar refractivity (Wildman–Crippen MR) is 139 cm³/mol. The number of carboxylic acid groups (broad SMARTS) is 1. The summed E-state index contributed by atoms with van der Waals surface area (Å²) >= 11 is 6.50. The first kappa shape index (κ1) is 23.9. The van der Waals surface area contributed by atoms with Crippen molar-refractivity contribution in [1.29, 1.82) is 0 Å². The normalized spacial score (nSPS) is 20.9. The molecule has 37 heavy (non-hydrogen) atoms. The van der Waals surface area contributed by atoms with Gasteiger partial charge < -0.3 is 25.0 Å². The summed E-state index contributed by atoms with van der Waals surface area (Å²) in [5.74, 6) is 0.0228. The molecule has 2 aromatic carbocycles. The number of rotatable bonds is 6. The first-order valence-electron chi connectivity index (χ1n) is 12.3. The lowest BCUT2D eigenvalue weighted by Gasteiger charge is -2.27. The second kappa shape index (κ2) is 8.85. The summed E-state index contributed by atoms with van der Waals surface area (Å²) in [6.45, 7) is 3.48. The Morgan fingerprint density at radius 2 is 2.11 bits per heavy atom.